The predicted octanol–water partition coefficient (Wildman–Crippen LogP) is 5.63. The Bertz CT molecular complexity index is 997. The lowest BCUT2D eigenvalue weighted by Crippen LogP contribution is -2.19. The molecule has 0 aromatic carbocycles. The summed E-state index contributed by atoms with van der Waals surface area (Å²) < 4.78 is 0. The van der Waals surface area contributed by atoms with Crippen LogP contribution >= 0.6 is 0 Å². The van der Waals surface area contributed by atoms with Gasteiger partial charge in [0, 0.05) is 51.9 Å². The van der Waals surface area contributed by atoms with Crippen molar-refractivity contribution in [1.29, 1.82) is 0 Å². The maximum atomic E-state index is 5.10. The molecule has 0 radical (unpaired) electrons. The fourth-order valence-electron chi connectivity index (χ4n) is 4.96. The van der Waals surface area contributed by atoms with E-state index in [1.54, 1.807) is 12.3 Å². The Hall–Kier alpha value is -2.86. The van der Waals surface area contributed by atoms with E-state index in [2.05, 4.69) is 26.0 Å². The van der Waals surface area contributed by atoms with Crippen molar-refractivity contribution in [2.75, 3.05) is 38.0 Å². The second kappa shape index (κ2) is 10.8. The molecule has 4 rings (SSSR count). The molecule has 8 heteroatoms. The highest BCUT2D eigenvalue weighted by molar-refractivity contribution is 5.59. The summed E-state index contributed by atoms with van der Waals surface area (Å²) in [4.78, 5) is 31.5. The van der Waals surface area contributed by atoms with Crippen molar-refractivity contribution >= 4 is 29.5 Å². The van der Waals surface area contributed by atoms with E-state index in [1.807, 2.05) is 38.0 Å². The molecule has 0 N–H and O–H groups in total. The SMILES string of the molecule is CN(C)c1nccc(N=C=Nc2nc(N(C)C)nc(C3CCCCC3)c2C2CCCCC2)n1. The van der Waals surface area contributed by atoms with Crippen molar-refractivity contribution in [2.45, 2.75) is 76.0 Å². The van der Waals surface area contributed by atoms with Crippen LogP contribution in [-0.2, 0) is 0 Å². The third kappa shape index (κ3) is 5.74. The van der Waals surface area contributed by atoms with Gasteiger partial charge in [-0.25, -0.2) is 9.97 Å². The Kier molecular flexibility index (Phi) is 7.65. The van der Waals surface area contributed by atoms with Gasteiger partial charge in [0.15, 0.2) is 11.6 Å². The minimum absolute atomic E-state index is 0.465. The number of anilines is 2. The lowest BCUT2D eigenvalue weighted by molar-refractivity contribution is 0.412. The highest BCUT2D eigenvalue weighted by Crippen LogP contribution is 2.44. The number of aromatic nitrogens is 4. The summed E-state index contributed by atoms with van der Waals surface area (Å²) in [6.07, 6.45) is 14.2. The van der Waals surface area contributed by atoms with Crippen molar-refractivity contribution in [3.05, 3.63) is 23.5 Å². The molecule has 0 aliphatic heterocycles. The van der Waals surface area contributed by atoms with Gasteiger partial charge >= 0.3 is 0 Å². The van der Waals surface area contributed by atoms with Crippen LogP contribution in [0.2, 0.25) is 0 Å². The summed E-state index contributed by atoms with van der Waals surface area (Å²) >= 11 is 0. The van der Waals surface area contributed by atoms with Gasteiger partial charge in [0.1, 0.15) is 6.01 Å². The summed E-state index contributed by atoms with van der Waals surface area (Å²) in [7, 11) is 7.80. The van der Waals surface area contributed by atoms with Gasteiger partial charge in [-0.1, -0.05) is 38.5 Å². The number of nitrogens with zero attached hydrogens (tertiary/aromatic N) is 8. The molecule has 0 saturated heterocycles. The maximum Gasteiger partial charge on any atom is 0.227 e. The summed E-state index contributed by atoms with van der Waals surface area (Å²) in [5.41, 5.74) is 2.46. The predicted molar refractivity (Wildman–Crippen MR) is 134 cm³/mol. The minimum Gasteiger partial charge on any atom is -0.347 e. The average molecular weight is 449 g/mol. The lowest BCUT2D eigenvalue weighted by Gasteiger charge is -2.30. The quantitative estimate of drug-likeness (QED) is 0.533. The molecule has 2 aliphatic carbocycles. The monoisotopic (exact) mass is 448 g/mol. The van der Waals surface area contributed by atoms with Gasteiger partial charge in [0.2, 0.25) is 11.9 Å². The van der Waals surface area contributed by atoms with Crippen LogP contribution in [0.5, 0.6) is 0 Å². The number of hydrogen-bond donors (Lipinski definition) is 0. The third-order valence-electron chi connectivity index (χ3n) is 6.70. The highest BCUT2D eigenvalue weighted by atomic mass is 15.2. The van der Waals surface area contributed by atoms with Crippen LogP contribution in [0.25, 0.3) is 0 Å². The molecule has 0 spiro atoms. The van der Waals surface area contributed by atoms with Crippen molar-refractivity contribution in [2.24, 2.45) is 9.98 Å². The van der Waals surface area contributed by atoms with Crippen molar-refractivity contribution < 1.29 is 0 Å². The Balaban J connectivity index is 1.78. The molecule has 0 bridgehead atoms. The molecule has 0 unspecified atom stereocenters. The van der Waals surface area contributed by atoms with E-state index in [4.69, 9.17) is 9.97 Å². The van der Waals surface area contributed by atoms with Crippen LogP contribution in [0.4, 0.5) is 23.5 Å². The standard InChI is InChI=1S/C25H36N8/c1-32(2)24-26-16-15-20(29-24)27-17-28-23-21(18-11-7-5-8-12-18)22(19-13-9-6-10-14-19)30-25(31-23)33(3)4/h15-16,18-19H,5-14H2,1-4H3. The van der Waals surface area contributed by atoms with Crippen molar-refractivity contribution in [3.63, 3.8) is 0 Å². The molecule has 33 heavy (non-hydrogen) atoms. The Morgan fingerprint density at radius 2 is 1.39 bits per heavy atom. The van der Waals surface area contributed by atoms with E-state index < -0.39 is 0 Å². The molecule has 2 heterocycles. The highest BCUT2D eigenvalue weighted by Gasteiger charge is 2.29. The third-order valence-corrected chi connectivity index (χ3v) is 6.70. The van der Waals surface area contributed by atoms with Crippen LogP contribution < -0.4 is 9.80 Å². The molecule has 2 fully saturated rings. The molecule has 176 valence electrons. The Labute approximate surface area is 197 Å². The van der Waals surface area contributed by atoms with Gasteiger partial charge in [-0.2, -0.15) is 20.0 Å². The lowest BCUT2D eigenvalue weighted by atomic mass is 9.78. The second-order valence-corrected chi connectivity index (χ2v) is 9.64. The molecule has 2 aromatic rings. The van der Waals surface area contributed by atoms with Crippen molar-refractivity contribution in [1.82, 2.24) is 19.9 Å². The largest absolute Gasteiger partial charge is 0.347 e. The second-order valence-electron chi connectivity index (χ2n) is 9.64. The number of aliphatic imine (C=N–C) groups is 2. The molecule has 0 amide bonds. The summed E-state index contributed by atoms with van der Waals surface area (Å²) in [5.74, 6) is 3.54. The van der Waals surface area contributed by atoms with Gasteiger partial charge in [0.25, 0.3) is 0 Å². The topological polar surface area (TPSA) is 82.8 Å². The van der Waals surface area contributed by atoms with Crippen LogP contribution in [-0.4, -0.2) is 54.1 Å². The molecular formula is C25H36N8. The van der Waals surface area contributed by atoms with E-state index in [0.29, 0.717) is 29.6 Å². The van der Waals surface area contributed by atoms with E-state index in [0.717, 1.165) is 5.82 Å². The molecule has 2 saturated carbocycles. The van der Waals surface area contributed by atoms with Crippen LogP contribution in [0.15, 0.2) is 22.2 Å². The zero-order chi connectivity index (χ0) is 23.2. The Morgan fingerprint density at radius 1 is 0.758 bits per heavy atom. The molecule has 2 aromatic heterocycles. The summed E-state index contributed by atoms with van der Waals surface area (Å²) in [5, 5.41) is 0. The van der Waals surface area contributed by atoms with Gasteiger partial charge in [0.05, 0.1) is 5.69 Å². The normalized spacial score (nSPS) is 17.3. The molecule has 2 aliphatic rings. The Morgan fingerprint density at radius 3 is 2.03 bits per heavy atom. The summed E-state index contributed by atoms with van der Waals surface area (Å²) in [6, 6.07) is 4.65. The minimum atomic E-state index is 0.465. The van der Waals surface area contributed by atoms with Gasteiger partial charge in [-0.3, -0.25) is 0 Å². The van der Waals surface area contributed by atoms with Gasteiger partial charge in [-0.05, 0) is 31.6 Å². The van der Waals surface area contributed by atoms with Gasteiger partial charge < -0.3 is 9.80 Å². The fourth-order valence-corrected chi connectivity index (χ4v) is 4.96. The van der Waals surface area contributed by atoms with Crippen LogP contribution in [0.1, 0.15) is 87.3 Å². The zero-order valence-corrected chi connectivity index (χ0v) is 20.5. The number of rotatable bonds is 6. The first-order valence-corrected chi connectivity index (χ1v) is 12.3. The van der Waals surface area contributed by atoms with Crippen molar-refractivity contribution in [3.8, 4) is 0 Å². The van der Waals surface area contributed by atoms with Gasteiger partial charge in [-0.15, -0.1) is 0 Å². The van der Waals surface area contributed by atoms with E-state index in [-0.39, 0.29) is 0 Å². The van der Waals surface area contributed by atoms with E-state index in [9.17, 15) is 0 Å². The first-order valence-electron chi connectivity index (χ1n) is 12.3. The smallest absolute Gasteiger partial charge is 0.227 e. The average Bonchev–Trinajstić information content (AvgIpc) is 2.84. The summed E-state index contributed by atoms with van der Waals surface area (Å²) in [6.45, 7) is 0. The van der Waals surface area contributed by atoms with E-state index >= 15 is 0 Å². The maximum absolute atomic E-state index is 5.10. The molecule has 0 atom stereocenters. The molecular weight excluding hydrogens is 412 g/mol. The molecule has 8 nitrogen and oxygen atoms in total. The van der Waals surface area contributed by atoms with E-state index in [1.165, 1.54) is 75.5 Å². The zero-order valence-electron chi connectivity index (χ0n) is 20.5. The van der Waals surface area contributed by atoms with Crippen LogP contribution in [0, 0.1) is 0 Å². The fraction of sp³-hybridized carbons (Fsp3) is 0.640. The first-order chi connectivity index (χ1) is 16.0. The number of hydrogen-bond acceptors (Lipinski definition) is 8. The van der Waals surface area contributed by atoms with Crippen LogP contribution in [0.3, 0.4) is 0 Å². The first kappa shape index (κ1) is 23.3.